The van der Waals surface area contributed by atoms with Crippen LogP contribution in [-0.2, 0) is 15.8 Å². The molecule has 1 aliphatic rings. The Bertz CT molecular complexity index is 885. The van der Waals surface area contributed by atoms with Gasteiger partial charge in [-0.25, -0.2) is 4.99 Å². The highest BCUT2D eigenvalue weighted by Crippen LogP contribution is 2.32. The number of carbonyl (C=O) groups is 2. The Hall–Kier alpha value is -2.81. The van der Waals surface area contributed by atoms with Gasteiger partial charge in [0.25, 0.3) is 0 Å². The third kappa shape index (κ3) is 5.10. The first-order chi connectivity index (χ1) is 12.8. The number of benzene rings is 2. The molecule has 0 saturated carbocycles. The lowest BCUT2D eigenvalue weighted by Gasteiger charge is -2.07. The standard InChI is InChI=1S/C18H14F3N3O2S/c19-18(20,21)11-5-4-8-13(9-11)23-17-24-16(26)14(27-17)10-15(25)22-12-6-2-1-3-7-12/h1-9,14H,10H2,(H,22,25)(H,23,24,26)/t14-/m1/s1. The van der Waals surface area contributed by atoms with Crippen LogP contribution < -0.4 is 10.6 Å². The first-order valence-corrected chi connectivity index (χ1v) is 8.77. The molecule has 9 heteroatoms. The second kappa shape index (κ2) is 7.83. The predicted molar refractivity (Wildman–Crippen MR) is 97.7 cm³/mol. The molecule has 0 radical (unpaired) electrons. The van der Waals surface area contributed by atoms with Crippen molar-refractivity contribution in [1.29, 1.82) is 0 Å². The Morgan fingerprint density at radius 2 is 1.89 bits per heavy atom. The van der Waals surface area contributed by atoms with Crippen molar-refractivity contribution in [2.24, 2.45) is 4.99 Å². The molecule has 0 unspecified atom stereocenters. The van der Waals surface area contributed by atoms with Crippen molar-refractivity contribution in [3.05, 3.63) is 60.2 Å². The normalized spacial score (nSPS) is 18.4. The fraction of sp³-hybridized carbons (Fsp3) is 0.167. The molecule has 2 amide bonds. The lowest BCUT2D eigenvalue weighted by molar-refractivity contribution is -0.137. The van der Waals surface area contributed by atoms with Crippen molar-refractivity contribution in [2.75, 3.05) is 5.32 Å². The third-order valence-corrected chi connectivity index (χ3v) is 4.69. The van der Waals surface area contributed by atoms with Crippen molar-refractivity contribution in [2.45, 2.75) is 17.8 Å². The van der Waals surface area contributed by atoms with Gasteiger partial charge in [-0.05, 0) is 30.3 Å². The van der Waals surface area contributed by atoms with E-state index in [2.05, 4.69) is 15.6 Å². The third-order valence-electron chi connectivity index (χ3n) is 3.61. The summed E-state index contributed by atoms with van der Waals surface area (Å²) in [7, 11) is 0. The average molecular weight is 393 g/mol. The van der Waals surface area contributed by atoms with Gasteiger partial charge < -0.3 is 10.6 Å². The number of para-hydroxylation sites is 1. The number of amides is 2. The quantitative estimate of drug-likeness (QED) is 0.826. The van der Waals surface area contributed by atoms with Crippen molar-refractivity contribution < 1.29 is 22.8 Å². The summed E-state index contributed by atoms with van der Waals surface area (Å²) in [6.45, 7) is 0. The number of nitrogens with one attached hydrogen (secondary N) is 2. The lowest BCUT2D eigenvalue weighted by Crippen LogP contribution is -2.28. The fourth-order valence-corrected chi connectivity index (χ4v) is 3.35. The molecule has 3 rings (SSSR count). The van der Waals surface area contributed by atoms with E-state index in [1.54, 1.807) is 24.3 Å². The zero-order valence-corrected chi connectivity index (χ0v) is 14.6. The number of rotatable bonds is 4. The summed E-state index contributed by atoms with van der Waals surface area (Å²) in [4.78, 5) is 28.1. The number of anilines is 1. The van der Waals surface area contributed by atoms with Gasteiger partial charge in [0, 0.05) is 12.1 Å². The summed E-state index contributed by atoms with van der Waals surface area (Å²) in [5, 5.41) is 4.64. The molecule has 140 valence electrons. The van der Waals surface area contributed by atoms with Crippen molar-refractivity contribution >= 4 is 40.1 Å². The number of thioether (sulfide) groups is 1. The van der Waals surface area contributed by atoms with Crippen LogP contribution in [0, 0.1) is 0 Å². The topological polar surface area (TPSA) is 70.6 Å². The molecule has 0 spiro atoms. The molecule has 1 saturated heterocycles. The van der Waals surface area contributed by atoms with Gasteiger partial charge in [0.2, 0.25) is 11.8 Å². The molecule has 5 nitrogen and oxygen atoms in total. The maximum absolute atomic E-state index is 12.8. The minimum atomic E-state index is -4.47. The van der Waals surface area contributed by atoms with Gasteiger partial charge in [0.05, 0.1) is 11.3 Å². The number of carbonyl (C=O) groups excluding carboxylic acids is 2. The molecular weight excluding hydrogens is 379 g/mol. The monoisotopic (exact) mass is 393 g/mol. The second-order valence-corrected chi connectivity index (χ2v) is 6.87. The summed E-state index contributed by atoms with van der Waals surface area (Å²) < 4.78 is 38.3. The number of alkyl halides is 3. The molecule has 0 bridgehead atoms. The van der Waals surface area contributed by atoms with E-state index in [-0.39, 0.29) is 23.2 Å². The molecule has 1 fully saturated rings. The highest BCUT2D eigenvalue weighted by molar-refractivity contribution is 8.15. The van der Waals surface area contributed by atoms with Crippen molar-refractivity contribution in [3.8, 4) is 0 Å². The highest BCUT2D eigenvalue weighted by atomic mass is 32.2. The maximum Gasteiger partial charge on any atom is 0.416 e. The first-order valence-electron chi connectivity index (χ1n) is 7.89. The van der Waals surface area contributed by atoms with Crippen LogP contribution in [0.4, 0.5) is 24.5 Å². The van der Waals surface area contributed by atoms with Crippen LogP contribution in [0.2, 0.25) is 0 Å². The molecule has 2 aromatic carbocycles. The van der Waals surface area contributed by atoms with Crippen molar-refractivity contribution in [1.82, 2.24) is 5.32 Å². The summed E-state index contributed by atoms with van der Waals surface area (Å²) in [5.74, 6) is -0.747. The highest BCUT2D eigenvalue weighted by Gasteiger charge is 2.33. The van der Waals surface area contributed by atoms with Crippen LogP contribution in [0.1, 0.15) is 12.0 Å². The largest absolute Gasteiger partial charge is 0.416 e. The zero-order chi connectivity index (χ0) is 19.4. The van der Waals surface area contributed by atoms with Crippen LogP contribution in [-0.4, -0.2) is 22.2 Å². The molecular formula is C18H14F3N3O2S. The number of amidine groups is 1. The Labute approximate surface area is 157 Å². The second-order valence-electron chi connectivity index (χ2n) is 5.68. The molecule has 2 aromatic rings. The maximum atomic E-state index is 12.8. The smallest absolute Gasteiger partial charge is 0.326 e. The van der Waals surface area contributed by atoms with Gasteiger partial charge in [-0.2, -0.15) is 13.2 Å². The minimum Gasteiger partial charge on any atom is -0.326 e. The Balaban J connectivity index is 1.65. The zero-order valence-electron chi connectivity index (χ0n) is 13.8. The summed E-state index contributed by atoms with van der Waals surface area (Å²) in [5.41, 5.74) is -0.136. The van der Waals surface area contributed by atoms with E-state index in [0.717, 1.165) is 23.9 Å². The molecule has 2 N–H and O–H groups in total. The van der Waals surface area contributed by atoms with E-state index in [9.17, 15) is 22.8 Å². The van der Waals surface area contributed by atoms with E-state index in [1.807, 2.05) is 6.07 Å². The predicted octanol–water partition coefficient (Wildman–Crippen LogP) is 3.95. The Morgan fingerprint density at radius 3 is 2.59 bits per heavy atom. The van der Waals surface area contributed by atoms with Gasteiger partial charge in [0.1, 0.15) is 5.25 Å². The van der Waals surface area contributed by atoms with E-state index in [1.165, 1.54) is 12.1 Å². The summed E-state index contributed by atoms with van der Waals surface area (Å²) >= 11 is 1.01. The SMILES string of the molecule is O=C(C[C@H]1SC(=Nc2cccc(C(F)(F)F)c2)NC1=O)Nc1ccccc1. The van der Waals surface area contributed by atoms with E-state index >= 15 is 0 Å². The molecule has 1 aliphatic heterocycles. The van der Waals surface area contributed by atoms with Gasteiger partial charge >= 0.3 is 6.18 Å². The molecule has 1 heterocycles. The van der Waals surface area contributed by atoms with E-state index in [4.69, 9.17) is 0 Å². The number of hydrogen-bond donors (Lipinski definition) is 2. The van der Waals surface area contributed by atoms with Crippen LogP contribution in [0.25, 0.3) is 0 Å². The van der Waals surface area contributed by atoms with Crippen LogP contribution in [0.5, 0.6) is 0 Å². The molecule has 0 aromatic heterocycles. The lowest BCUT2D eigenvalue weighted by atomic mass is 10.2. The van der Waals surface area contributed by atoms with Crippen LogP contribution in [0.3, 0.4) is 0 Å². The summed E-state index contributed by atoms with van der Waals surface area (Å²) in [6, 6.07) is 13.3. The summed E-state index contributed by atoms with van der Waals surface area (Å²) in [6.07, 6.45) is -4.55. The average Bonchev–Trinajstić information content (AvgIpc) is 2.94. The van der Waals surface area contributed by atoms with Crippen LogP contribution in [0.15, 0.2) is 59.6 Å². The van der Waals surface area contributed by atoms with Gasteiger partial charge in [-0.15, -0.1) is 0 Å². The first kappa shape index (κ1) is 19.0. The minimum absolute atomic E-state index is 0.0713. The Kier molecular flexibility index (Phi) is 5.50. The number of aliphatic imine (C=N–C) groups is 1. The fourth-order valence-electron chi connectivity index (χ4n) is 2.36. The van der Waals surface area contributed by atoms with Crippen molar-refractivity contribution in [3.63, 3.8) is 0 Å². The molecule has 27 heavy (non-hydrogen) atoms. The Morgan fingerprint density at radius 1 is 1.15 bits per heavy atom. The number of nitrogens with zero attached hydrogens (tertiary/aromatic N) is 1. The van der Waals surface area contributed by atoms with E-state index in [0.29, 0.717) is 5.69 Å². The van der Waals surface area contributed by atoms with Gasteiger partial charge in [-0.3, -0.25) is 9.59 Å². The molecule has 1 atom stereocenters. The number of halogens is 3. The van der Waals surface area contributed by atoms with Gasteiger partial charge in [0.15, 0.2) is 5.17 Å². The van der Waals surface area contributed by atoms with E-state index < -0.39 is 22.9 Å². The number of hydrogen-bond acceptors (Lipinski definition) is 4. The van der Waals surface area contributed by atoms with Crippen LogP contribution >= 0.6 is 11.8 Å². The van der Waals surface area contributed by atoms with Gasteiger partial charge in [-0.1, -0.05) is 36.0 Å². The molecule has 0 aliphatic carbocycles.